The van der Waals surface area contributed by atoms with Crippen LogP contribution in [0.4, 0.5) is 11.4 Å². The molecule has 3 rings (SSSR count). The van der Waals surface area contributed by atoms with Gasteiger partial charge in [-0.3, -0.25) is 9.59 Å². The van der Waals surface area contributed by atoms with E-state index in [9.17, 15) is 9.59 Å². The molecule has 0 aromatic heterocycles. The molecule has 4 heteroatoms. The highest BCUT2D eigenvalue weighted by atomic mass is 16.2. The molecule has 27 heavy (non-hydrogen) atoms. The van der Waals surface area contributed by atoms with Gasteiger partial charge in [0, 0.05) is 11.4 Å². The Balaban J connectivity index is 1.65. The Hall–Kier alpha value is -2.62. The van der Waals surface area contributed by atoms with E-state index in [2.05, 4.69) is 30.5 Å². The highest BCUT2D eigenvalue weighted by Gasteiger charge is 2.48. The van der Waals surface area contributed by atoms with Crippen LogP contribution in [0.5, 0.6) is 0 Å². The molecule has 2 atom stereocenters. The average molecular weight is 364 g/mol. The molecule has 1 aliphatic rings. The molecular weight excluding hydrogens is 336 g/mol. The first-order chi connectivity index (χ1) is 12.9. The SMILES string of the molecule is CCc1cccc(CC)c1NC(=O)C1CC1C(=O)Nc1cc(C)cc(C)c1. The summed E-state index contributed by atoms with van der Waals surface area (Å²) in [5.74, 6) is -0.610. The number of para-hydroxylation sites is 1. The van der Waals surface area contributed by atoms with Gasteiger partial charge in [-0.2, -0.15) is 0 Å². The second-order valence-electron chi connectivity index (χ2n) is 7.46. The summed E-state index contributed by atoms with van der Waals surface area (Å²) in [6.45, 7) is 8.18. The number of hydrogen-bond donors (Lipinski definition) is 2. The lowest BCUT2D eigenvalue weighted by atomic mass is 10.0. The minimum absolute atomic E-state index is 0.0498. The van der Waals surface area contributed by atoms with Crippen molar-refractivity contribution >= 4 is 23.2 Å². The van der Waals surface area contributed by atoms with Gasteiger partial charge in [0.25, 0.3) is 0 Å². The molecule has 2 aromatic carbocycles. The summed E-state index contributed by atoms with van der Waals surface area (Å²) in [7, 11) is 0. The summed E-state index contributed by atoms with van der Waals surface area (Å²) in [4.78, 5) is 25.2. The minimum Gasteiger partial charge on any atom is -0.326 e. The monoisotopic (exact) mass is 364 g/mol. The molecule has 2 amide bonds. The van der Waals surface area contributed by atoms with Crippen molar-refractivity contribution in [1.29, 1.82) is 0 Å². The second kappa shape index (κ2) is 7.95. The first-order valence-electron chi connectivity index (χ1n) is 9.73. The van der Waals surface area contributed by atoms with Gasteiger partial charge in [0.1, 0.15) is 0 Å². The molecule has 1 saturated carbocycles. The summed E-state index contributed by atoms with van der Waals surface area (Å²) in [6.07, 6.45) is 2.34. The van der Waals surface area contributed by atoms with Crippen molar-refractivity contribution < 1.29 is 9.59 Å². The maximum absolute atomic E-state index is 12.7. The topological polar surface area (TPSA) is 58.2 Å². The lowest BCUT2D eigenvalue weighted by Gasteiger charge is -2.14. The fourth-order valence-corrected chi connectivity index (χ4v) is 3.68. The van der Waals surface area contributed by atoms with Crippen LogP contribution in [-0.4, -0.2) is 11.8 Å². The Kier molecular flexibility index (Phi) is 5.64. The zero-order valence-electron chi connectivity index (χ0n) is 16.6. The van der Waals surface area contributed by atoms with Crippen LogP contribution in [0.1, 0.15) is 42.5 Å². The fourth-order valence-electron chi connectivity index (χ4n) is 3.68. The number of anilines is 2. The van der Waals surface area contributed by atoms with E-state index in [1.165, 1.54) is 0 Å². The average Bonchev–Trinajstić information content (AvgIpc) is 3.42. The van der Waals surface area contributed by atoms with Gasteiger partial charge in [0.2, 0.25) is 11.8 Å². The molecule has 1 fully saturated rings. The number of aryl methyl sites for hydroxylation is 4. The van der Waals surface area contributed by atoms with Crippen LogP contribution in [0.25, 0.3) is 0 Å². The Morgan fingerprint density at radius 3 is 1.93 bits per heavy atom. The van der Waals surface area contributed by atoms with Crippen LogP contribution in [0.15, 0.2) is 36.4 Å². The standard InChI is InChI=1S/C23H28N2O2/c1-5-16-8-7-9-17(6-2)21(16)25-23(27)20-13-19(20)22(26)24-18-11-14(3)10-15(4)12-18/h7-12,19-20H,5-6,13H2,1-4H3,(H,24,26)(H,25,27). The second-order valence-corrected chi connectivity index (χ2v) is 7.46. The van der Waals surface area contributed by atoms with Gasteiger partial charge in [-0.15, -0.1) is 0 Å². The van der Waals surface area contributed by atoms with E-state index in [-0.39, 0.29) is 23.7 Å². The van der Waals surface area contributed by atoms with Gasteiger partial charge in [-0.05, 0) is 67.5 Å². The molecule has 2 N–H and O–H groups in total. The normalized spacial score (nSPS) is 18.1. The predicted octanol–water partition coefficient (Wildman–Crippen LogP) is 4.64. The largest absolute Gasteiger partial charge is 0.326 e. The smallest absolute Gasteiger partial charge is 0.228 e. The molecular formula is C23H28N2O2. The third kappa shape index (κ3) is 4.38. The number of carbonyl (C=O) groups is 2. The highest BCUT2D eigenvalue weighted by molar-refractivity contribution is 6.03. The van der Waals surface area contributed by atoms with E-state index >= 15 is 0 Å². The molecule has 0 spiro atoms. The number of carbonyl (C=O) groups excluding carboxylic acids is 2. The molecule has 2 unspecified atom stereocenters. The zero-order chi connectivity index (χ0) is 19.6. The molecule has 4 nitrogen and oxygen atoms in total. The Morgan fingerprint density at radius 2 is 1.41 bits per heavy atom. The quantitative estimate of drug-likeness (QED) is 0.784. The highest BCUT2D eigenvalue weighted by Crippen LogP contribution is 2.40. The van der Waals surface area contributed by atoms with Crippen molar-refractivity contribution in [3.05, 3.63) is 58.7 Å². The van der Waals surface area contributed by atoms with Gasteiger partial charge in [-0.25, -0.2) is 0 Å². The molecule has 0 bridgehead atoms. The van der Waals surface area contributed by atoms with E-state index < -0.39 is 0 Å². The fraction of sp³-hybridized carbons (Fsp3) is 0.391. The van der Waals surface area contributed by atoms with Crippen LogP contribution >= 0.6 is 0 Å². The molecule has 0 radical (unpaired) electrons. The van der Waals surface area contributed by atoms with E-state index in [1.807, 2.05) is 44.2 Å². The molecule has 0 saturated heterocycles. The number of amides is 2. The van der Waals surface area contributed by atoms with Crippen molar-refractivity contribution in [1.82, 2.24) is 0 Å². The first kappa shape index (κ1) is 19.2. The Morgan fingerprint density at radius 1 is 0.889 bits per heavy atom. The Bertz CT molecular complexity index is 830. The van der Waals surface area contributed by atoms with Crippen molar-refractivity contribution in [3.8, 4) is 0 Å². The first-order valence-corrected chi connectivity index (χ1v) is 9.73. The predicted molar refractivity (Wildman–Crippen MR) is 110 cm³/mol. The van der Waals surface area contributed by atoms with E-state index in [0.717, 1.165) is 46.5 Å². The van der Waals surface area contributed by atoms with Crippen molar-refractivity contribution in [2.24, 2.45) is 11.8 Å². The summed E-state index contributed by atoms with van der Waals surface area (Å²) in [5.41, 5.74) is 6.22. The van der Waals surface area contributed by atoms with Crippen LogP contribution in [-0.2, 0) is 22.4 Å². The van der Waals surface area contributed by atoms with Gasteiger partial charge < -0.3 is 10.6 Å². The van der Waals surface area contributed by atoms with Crippen molar-refractivity contribution in [3.63, 3.8) is 0 Å². The van der Waals surface area contributed by atoms with Crippen molar-refractivity contribution in [2.45, 2.75) is 47.0 Å². The van der Waals surface area contributed by atoms with Crippen LogP contribution in [0.3, 0.4) is 0 Å². The van der Waals surface area contributed by atoms with Gasteiger partial charge in [-0.1, -0.05) is 38.1 Å². The minimum atomic E-state index is -0.246. The number of hydrogen-bond acceptors (Lipinski definition) is 2. The molecule has 0 aliphatic heterocycles. The zero-order valence-corrected chi connectivity index (χ0v) is 16.6. The van der Waals surface area contributed by atoms with Gasteiger partial charge >= 0.3 is 0 Å². The maximum Gasteiger partial charge on any atom is 0.228 e. The summed E-state index contributed by atoms with van der Waals surface area (Å²) in [5, 5.41) is 6.05. The third-order valence-electron chi connectivity index (χ3n) is 5.20. The Labute approximate surface area is 161 Å². The number of benzene rings is 2. The van der Waals surface area contributed by atoms with Crippen LogP contribution < -0.4 is 10.6 Å². The summed E-state index contributed by atoms with van der Waals surface area (Å²) < 4.78 is 0. The van der Waals surface area contributed by atoms with E-state index in [4.69, 9.17) is 0 Å². The summed E-state index contributed by atoms with van der Waals surface area (Å²) >= 11 is 0. The van der Waals surface area contributed by atoms with E-state index in [1.54, 1.807) is 0 Å². The number of rotatable bonds is 6. The third-order valence-corrected chi connectivity index (χ3v) is 5.20. The van der Waals surface area contributed by atoms with Gasteiger partial charge in [0.05, 0.1) is 11.8 Å². The van der Waals surface area contributed by atoms with Crippen LogP contribution in [0.2, 0.25) is 0 Å². The molecule has 0 heterocycles. The van der Waals surface area contributed by atoms with Crippen LogP contribution in [0, 0.1) is 25.7 Å². The van der Waals surface area contributed by atoms with E-state index in [0.29, 0.717) is 6.42 Å². The lowest BCUT2D eigenvalue weighted by Crippen LogP contribution is -2.21. The van der Waals surface area contributed by atoms with Crippen molar-refractivity contribution in [2.75, 3.05) is 10.6 Å². The molecule has 1 aliphatic carbocycles. The summed E-state index contributed by atoms with van der Waals surface area (Å²) in [6, 6.07) is 12.1. The maximum atomic E-state index is 12.7. The molecule has 142 valence electrons. The lowest BCUT2D eigenvalue weighted by molar-refractivity contribution is -0.122. The number of nitrogens with one attached hydrogen (secondary N) is 2. The molecule has 2 aromatic rings. The van der Waals surface area contributed by atoms with Gasteiger partial charge in [0.15, 0.2) is 0 Å².